The van der Waals surface area contributed by atoms with Gasteiger partial charge in [0.25, 0.3) is 0 Å². The Balaban J connectivity index is 0.940. The highest BCUT2D eigenvalue weighted by molar-refractivity contribution is 5.97. The number of nitrogens with zero attached hydrogens (tertiary/aromatic N) is 4. The van der Waals surface area contributed by atoms with Crippen LogP contribution in [0.1, 0.15) is 72.5 Å². The molecule has 4 aliphatic carbocycles. The molecule has 59 heavy (non-hydrogen) atoms. The maximum Gasteiger partial charge on any atom is 0.162 e. The number of fused-ring (bicyclic) bond motifs is 8. The summed E-state index contributed by atoms with van der Waals surface area (Å²) in [7, 11) is 0. The van der Waals surface area contributed by atoms with E-state index >= 15 is 0 Å². The molecule has 12 rings (SSSR count). The van der Waals surface area contributed by atoms with Gasteiger partial charge in [0.1, 0.15) is 5.82 Å². The van der Waals surface area contributed by atoms with Gasteiger partial charge in [-0.15, -0.1) is 0 Å². The van der Waals surface area contributed by atoms with E-state index in [0.29, 0.717) is 0 Å². The quantitative estimate of drug-likeness (QED) is 0.175. The van der Waals surface area contributed by atoms with Crippen molar-refractivity contribution in [2.24, 2.45) is 0 Å². The molecular weight excluding hydrogens is 717 g/mol. The molecule has 0 radical (unpaired) electrons. The first kappa shape index (κ1) is 34.3. The number of hydrogen-bond acceptors (Lipinski definition) is 3. The summed E-state index contributed by atoms with van der Waals surface area (Å²) >= 11 is 0. The first-order valence-corrected chi connectivity index (χ1v) is 21.2. The number of aromatic nitrogens is 3. The first-order valence-electron chi connectivity index (χ1n) is 21.2. The van der Waals surface area contributed by atoms with Crippen molar-refractivity contribution in [3.05, 3.63) is 203 Å². The highest BCUT2D eigenvalue weighted by atomic mass is 15.3. The Morgan fingerprint density at radius 3 is 2.32 bits per heavy atom. The minimum absolute atomic E-state index is 0.00159. The smallest absolute Gasteiger partial charge is 0.162 e. The van der Waals surface area contributed by atoms with Crippen LogP contribution in [-0.2, 0) is 11.8 Å². The summed E-state index contributed by atoms with van der Waals surface area (Å²) in [5.74, 6) is 1.80. The molecule has 4 nitrogen and oxygen atoms in total. The van der Waals surface area contributed by atoms with Gasteiger partial charge in [-0.25, -0.2) is 9.97 Å². The number of benzene rings is 5. The van der Waals surface area contributed by atoms with Gasteiger partial charge in [-0.3, -0.25) is 0 Å². The zero-order valence-corrected chi connectivity index (χ0v) is 33.4. The second kappa shape index (κ2) is 13.1. The fourth-order valence-corrected chi connectivity index (χ4v) is 10.7. The predicted molar refractivity (Wildman–Crippen MR) is 244 cm³/mol. The van der Waals surface area contributed by atoms with Crippen molar-refractivity contribution in [3.8, 4) is 28.3 Å². The lowest BCUT2D eigenvalue weighted by molar-refractivity contribution is 0.650. The summed E-state index contributed by atoms with van der Waals surface area (Å²) in [5, 5.41) is 1.32. The molecule has 0 amide bonds. The van der Waals surface area contributed by atoms with Crippen molar-refractivity contribution in [1.82, 2.24) is 14.5 Å². The van der Waals surface area contributed by atoms with E-state index in [0.717, 1.165) is 54.1 Å². The summed E-state index contributed by atoms with van der Waals surface area (Å²) in [6.45, 7) is 4.81. The largest absolute Gasteiger partial charge is 0.318 e. The van der Waals surface area contributed by atoms with Gasteiger partial charge in [-0.1, -0.05) is 147 Å². The molecule has 0 N–H and O–H groups in total. The Hall–Kier alpha value is -6.78. The van der Waals surface area contributed by atoms with E-state index in [1.54, 1.807) is 5.57 Å². The van der Waals surface area contributed by atoms with E-state index in [2.05, 4.69) is 187 Å². The van der Waals surface area contributed by atoms with Gasteiger partial charge in [0.15, 0.2) is 5.82 Å². The third-order valence-electron chi connectivity index (χ3n) is 13.5. The summed E-state index contributed by atoms with van der Waals surface area (Å²) in [5.41, 5.74) is 19.3. The Morgan fingerprint density at radius 2 is 1.46 bits per heavy atom. The summed E-state index contributed by atoms with van der Waals surface area (Å²) < 4.78 is 2.56. The number of para-hydroxylation sites is 1. The normalized spacial score (nSPS) is 19.4. The van der Waals surface area contributed by atoms with Gasteiger partial charge < -0.3 is 9.47 Å². The van der Waals surface area contributed by atoms with Crippen LogP contribution in [0.15, 0.2) is 169 Å². The van der Waals surface area contributed by atoms with Gasteiger partial charge in [0.05, 0.1) is 17.3 Å². The lowest BCUT2D eigenvalue weighted by Gasteiger charge is -2.29. The van der Waals surface area contributed by atoms with Gasteiger partial charge in [0.2, 0.25) is 0 Å². The van der Waals surface area contributed by atoms with Crippen LogP contribution < -0.4 is 4.90 Å². The molecular formula is C55H44N4. The summed E-state index contributed by atoms with van der Waals surface area (Å²) in [6, 6.07) is 46.3. The minimum atomic E-state index is 0.00159. The van der Waals surface area contributed by atoms with E-state index < -0.39 is 0 Å². The predicted octanol–water partition coefficient (Wildman–Crippen LogP) is 13.4. The van der Waals surface area contributed by atoms with Crippen molar-refractivity contribution in [2.75, 3.05) is 4.90 Å². The third-order valence-corrected chi connectivity index (χ3v) is 13.5. The number of anilines is 2. The molecule has 0 spiro atoms. The van der Waals surface area contributed by atoms with E-state index in [1.807, 2.05) is 6.07 Å². The molecule has 5 aromatic carbocycles. The van der Waals surface area contributed by atoms with Crippen LogP contribution in [0.5, 0.6) is 0 Å². The highest BCUT2D eigenvalue weighted by Gasteiger charge is 2.40. The number of allylic oxidation sites excluding steroid dienone is 7. The van der Waals surface area contributed by atoms with Crippen molar-refractivity contribution in [3.63, 3.8) is 0 Å². The molecule has 0 saturated carbocycles. The Kier molecular flexibility index (Phi) is 7.62. The zero-order chi connectivity index (χ0) is 39.2. The van der Waals surface area contributed by atoms with Crippen LogP contribution in [0.2, 0.25) is 0 Å². The molecule has 4 heteroatoms. The van der Waals surface area contributed by atoms with Crippen molar-refractivity contribution >= 4 is 39.6 Å². The van der Waals surface area contributed by atoms with Crippen molar-refractivity contribution in [1.29, 1.82) is 0 Å². The first-order chi connectivity index (χ1) is 29.0. The molecule has 0 bridgehead atoms. The van der Waals surface area contributed by atoms with Gasteiger partial charge in [-0.2, -0.15) is 0 Å². The molecule has 5 aliphatic rings. The Bertz CT molecular complexity index is 2970. The van der Waals surface area contributed by atoms with E-state index in [-0.39, 0.29) is 17.4 Å². The van der Waals surface area contributed by atoms with Crippen molar-refractivity contribution in [2.45, 2.75) is 56.9 Å². The van der Waals surface area contributed by atoms with Crippen LogP contribution in [0, 0.1) is 0 Å². The van der Waals surface area contributed by atoms with E-state index in [1.165, 1.54) is 66.9 Å². The maximum absolute atomic E-state index is 5.27. The average Bonchev–Trinajstić information content (AvgIpc) is 3.89. The zero-order valence-electron chi connectivity index (χ0n) is 33.4. The van der Waals surface area contributed by atoms with Crippen LogP contribution in [0.4, 0.5) is 11.5 Å². The Morgan fingerprint density at radius 1 is 0.678 bits per heavy atom. The van der Waals surface area contributed by atoms with Crippen LogP contribution >= 0.6 is 0 Å². The molecule has 2 aromatic heterocycles. The highest BCUT2D eigenvalue weighted by Crippen LogP contribution is 2.52. The number of rotatable bonds is 5. The molecule has 1 aliphatic heterocycles. The second-order valence-corrected chi connectivity index (χ2v) is 17.2. The average molecular weight is 761 g/mol. The molecule has 2 atom stereocenters. The minimum Gasteiger partial charge on any atom is -0.318 e. The molecule has 0 fully saturated rings. The van der Waals surface area contributed by atoms with E-state index in [4.69, 9.17) is 9.97 Å². The lowest BCUT2D eigenvalue weighted by Crippen LogP contribution is -2.30. The fraction of sp³-hybridized carbons (Fsp3) is 0.164. The Labute approximate surface area is 345 Å². The topological polar surface area (TPSA) is 34.0 Å². The van der Waals surface area contributed by atoms with Gasteiger partial charge in [-0.05, 0) is 95.0 Å². The second-order valence-electron chi connectivity index (χ2n) is 17.2. The maximum atomic E-state index is 5.27. The van der Waals surface area contributed by atoms with Crippen LogP contribution in [-0.4, -0.2) is 20.6 Å². The molecule has 7 aromatic rings. The van der Waals surface area contributed by atoms with Crippen molar-refractivity contribution < 1.29 is 0 Å². The van der Waals surface area contributed by atoms with Gasteiger partial charge in [0, 0.05) is 56.5 Å². The van der Waals surface area contributed by atoms with Gasteiger partial charge >= 0.3 is 0 Å². The molecule has 0 saturated heterocycles. The van der Waals surface area contributed by atoms with E-state index in [9.17, 15) is 0 Å². The molecule has 284 valence electrons. The monoisotopic (exact) mass is 760 g/mol. The third kappa shape index (κ3) is 5.29. The number of hydrogen-bond donors (Lipinski definition) is 0. The van der Waals surface area contributed by atoms with Crippen LogP contribution in [0.3, 0.4) is 0 Å². The lowest BCUT2D eigenvalue weighted by atomic mass is 9.80. The molecule has 3 heterocycles. The fourth-order valence-electron chi connectivity index (χ4n) is 10.7. The molecule has 2 unspecified atom stereocenters. The summed E-state index contributed by atoms with van der Waals surface area (Å²) in [4.78, 5) is 12.8. The SMILES string of the molecule is CC1(C)C2=C(CCC=C2)c2ccc(-n3c4c(c5cc(C6=CC7c8ccccc8N(c8cc(-c9ccccc9)nc(-c9ccccc9)n8)C7C=C6)ccc53)C=CCC4)cc21. The van der Waals surface area contributed by atoms with Crippen LogP contribution in [0.25, 0.3) is 56.5 Å². The standard InChI is InChI=1S/C55H44N4/c1-55(2)46-22-12-9-19-40(46)41-28-27-39(33-47(41)55)58-49-23-13-10-20-42(49)44-31-37(25-29-51(44)58)38-26-30-52-45(32-38)43-21-11-14-24-50(43)59(52)53-34-48(35-15-5-3-6-16-35)56-54(57-53)36-17-7-4-8-18-36/h3-8,10-12,14-18,20-22,24-34,45,52H,9,13,19,23H2,1-2H3. The summed E-state index contributed by atoms with van der Waals surface area (Å²) in [6.07, 6.45) is 21.0.